The van der Waals surface area contributed by atoms with E-state index < -0.39 is 0 Å². The van der Waals surface area contributed by atoms with E-state index in [1.54, 1.807) is 6.21 Å². The van der Waals surface area contributed by atoms with Gasteiger partial charge in [-0.05, 0) is 37.1 Å². The molecule has 0 aliphatic carbocycles. The summed E-state index contributed by atoms with van der Waals surface area (Å²) in [5.41, 5.74) is 5.37. The summed E-state index contributed by atoms with van der Waals surface area (Å²) in [6, 6.07) is 15.6. The quantitative estimate of drug-likeness (QED) is 0.161. The van der Waals surface area contributed by atoms with Gasteiger partial charge in [-0.25, -0.2) is 10.4 Å². The van der Waals surface area contributed by atoms with Crippen LogP contribution in [-0.4, -0.2) is 36.1 Å². The van der Waals surface area contributed by atoms with Gasteiger partial charge >= 0.3 is 0 Å². The van der Waals surface area contributed by atoms with Gasteiger partial charge in [0.05, 0.1) is 30.9 Å². The van der Waals surface area contributed by atoms with E-state index in [1.165, 1.54) is 23.1 Å². The molecule has 0 atom stereocenters. The summed E-state index contributed by atoms with van der Waals surface area (Å²) in [5, 5.41) is 6.06. The molecule has 0 saturated heterocycles. The molecule has 1 aromatic heterocycles. The van der Waals surface area contributed by atoms with E-state index in [-0.39, 0.29) is 11.7 Å². The first-order valence-corrected chi connectivity index (χ1v) is 12.4. The van der Waals surface area contributed by atoms with Crippen LogP contribution < -0.4 is 14.9 Å². The molecule has 0 spiro atoms. The van der Waals surface area contributed by atoms with Crippen LogP contribution in [0.15, 0.2) is 63.4 Å². The van der Waals surface area contributed by atoms with E-state index in [4.69, 9.17) is 9.47 Å². The van der Waals surface area contributed by atoms with E-state index in [1.807, 2.05) is 60.8 Å². The Kier molecular flexibility index (Phi) is 9.59. The molecule has 168 valence electrons. The van der Waals surface area contributed by atoms with Crippen LogP contribution >= 0.6 is 23.1 Å². The van der Waals surface area contributed by atoms with Crippen molar-refractivity contribution in [2.24, 2.45) is 5.10 Å². The van der Waals surface area contributed by atoms with Crippen molar-refractivity contribution in [1.29, 1.82) is 0 Å². The van der Waals surface area contributed by atoms with Gasteiger partial charge in [0, 0.05) is 10.9 Å². The van der Waals surface area contributed by atoms with Gasteiger partial charge in [-0.15, -0.1) is 11.3 Å². The predicted octanol–water partition coefficient (Wildman–Crippen LogP) is 5.63. The lowest BCUT2D eigenvalue weighted by Gasteiger charge is -2.12. The number of hydrazone groups is 1. The Labute approximate surface area is 197 Å². The summed E-state index contributed by atoms with van der Waals surface area (Å²) < 4.78 is 12.3. The highest BCUT2D eigenvalue weighted by atomic mass is 32.2. The minimum atomic E-state index is -0.188. The average molecular weight is 470 g/mol. The Morgan fingerprint density at radius 2 is 2.00 bits per heavy atom. The van der Waals surface area contributed by atoms with Crippen molar-refractivity contribution in [3.8, 4) is 22.8 Å². The molecule has 32 heavy (non-hydrogen) atoms. The number of thioether (sulfide) groups is 1. The third-order valence-electron chi connectivity index (χ3n) is 4.31. The second-order valence-corrected chi connectivity index (χ2v) is 8.87. The molecule has 0 aliphatic heterocycles. The standard InChI is InChI=1S/C24H27N3O3S2/c1-3-5-13-30-21-12-11-18(14-22(21)29-4-2)15-25-27-23(28)17-32-24-26-20(16-31-24)19-9-7-6-8-10-19/h6-12,14-16H,3-5,13,17H2,1-2H3,(H,27,28)/b25-15+. The zero-order valence-electron chi connectivity index (χ0n) is 18.2. The second-order valence-electron chi connectivity index (χ2n) is 6.79. The fourth-order valence-corrected chi connectivity index (χ4v) is 4.35. The molecule has 3 rings (SSSR count). The number of carbonyl (C=O) groups is 1. The maximum atomic E-state index is 12.1. The van der Waals surface area contributed by atoms with Crippen molar-refractivity contribution in [1.82, 2.24) is 10.4 Å². The third kappa shape index (κ3) is 7.39. The Bertz CT molecular complexity index is 1020. The molecular weight excluding hydrogens is 442 g/mol. The molecule has 8 heteroatoms. The highest BCUT2D eigenvalue weighted by Crippen LogP contribution is 2.29. The number of thiazole rings is 1. The van der Waals surface area contributed by atoms with Crippen molar-refractivity contribution in [3.05, 3.63) is 59.5 Å². The number of unbranched alkanes of at least 4 members (excludes halogenated alkanes) is 1. The summed E-state index contributed by atoms with van der Waals surface area (Å²) in [6.07, 6.45) is 3.66. The molecule has 0 unspecified atom stereocenters. The van der Waals surface area contributed by atoms with Gasteiger partial charge in [0.1, 0.15) is 0 Å². The predicted molar refractivity (Wildman–Crippen MR) is 132 cm³/mol. The van der Waals surface area contributed by atoms with E-state index in [0.717, 1.165) is 39.8 Å². The second kappa shape index (κ2) is 12.9. The minimum Gasteiger partial charge on any atom is -0.490 e. The Morgan fingerprint density at radius 3 is 2.78 bits per heavy atom. The van der Waals surface area contributed by atoms with E-state index in [2.05, 4.69) is 22.4 Å². The van der Waals surface area contributed by atoms with Crippen LogP contribution in [0.4, 0.5) is 0 Å². The van der Waals surface area contributed by atoms with Crippen LogP contribution in [0.25, 0.3) is 11.3 Å². The van der Waals surface area contributed by atoms with Crippen molar-refractivity contribution >= 4 is 35.2 Å². The number of hydrogen-bond donors (Lipinski definition) is 1. The van der Waals surface area contributed by atoms with E-state index in [0.29, 0.717) is 19.0 Å². The number of hydrogen-bond acceptors (Lipinski definition) is 7. The van der Waals surface area contributed by atoms with Gasteiger partial charge in [0.15, 0.2) is 15.8 Å². The lowest BCUT2D eigenvalue weighted by Crippen LogP contribution is -2.19. The summed E-state index contributed by atoms with van der Waals surface area (Å²) >= 11 is 2.92. The van der Waals surface area contributed by atoms with Gasteiger partial charge in [-0.1, -0.05) is 55.4 Å². The normalized spacial score (nSPS) is 10.9. The first-order chi connectivity index (χ1) is 15.7. The van der Waals surface area contributed by atoms with Crippen molar-refractivity contribution in [2.45, 2.75) is 31.0 Å². The summed E-state index contributed by atoms with van der Waals surface area (Å²) in [4.78, 5) is 16.7. The van der Waals surface area contributed by atoms with Crippen LogP contribution in [0.3, 0.4) is 0 Å². The number of nitrogens with one attached hydrogen (secondary N) is 1. The van der Waals surface area contributed by atoms with Gasteiger partial charge in [-0.3, -0.25) is 4.79 Å². The topological polar surface area (TPSA) is 72.8 Å². The smallest absolute Gasteiger partial charge is 0.250 e. The summed E-state index contributed by atoms with van der Waals surface area (Å²) in [5.74, 6) is 1.45. The molecule has 1 N–H and O–H groups in total. The van der Waals surface area contributed by atoms with E-state index >= 15 is 0 Å². The largest absolute Gasteiger partial charge is 0.490 e. The Balaban J connectivity index is 1.49. The molecule has 1 heterocycles. The Morgan fingerprint density at radius 1 is 1.16 bits per heavy atom. The minimum absolute atomic E-state index is 0.188. The first kappa shape index (κ1) is 23.8. The third-order valence-corrected chi connectivity index (χ3v) is 6.33. The van der Waals surface area contributed by atoms with Crippen LogP contribution in [0.1, 0.15) is 32.3 Å². The molecule has 3 aromatic rings. The van der Waals surface area contributed by atoms with Crippen molar-refractivity contribution in [2.75, 3.05) is 19.0 Å². The molecule has 0 saturated carbocycles. The number of aromatic nitrogens is 1. The number of nitrogens with zero attached hydrogens (tertiary/aromatic N) is 2. The summed E-state index contributed by atoms with van der Waals surface area (Å²) in [6.45, 7) is 5.25. The molecule has 0 radical (unpaired) electrons. The zero-order chi connectivity index (χ0) is 22.6. The molecular formula is C24H27N3O3S2. The van der Waals surface area contributed by atoms with Crippen molar-refractivity contribution < 1.29 is 14.3 Å². The number of carbonyl (C=O) groups excluding carboxylic acids is 1. The number of amides is 1. The average Bonchev–Trinajstić information content (AvgIpc) is 3.29. The monoisotopic (exact) mass is 469 g/mol. The van der Waals surface area contributed by atoms with E-state index in [9.17, 15) is 4.79 Å². The molecule has 6 nitrogen and oxygen atoms in total. The highest BCUT2D eigenvalue weighted by molar-refractivity contribution is 8.01. The molecule has 2 aromatic carbocycles. The highest BCUT2D eigenvalue weighted by Gasteiger charge is 2.08. The maximum Gasteiger partial charge on any atom is 0.250 e. The molecule has 0 aliphatic rings. The van der Waals surface area contributed by atoms with Gasteiger partial charge in [0.2, 0.25) is 0 Å². The Hall–Kier alpha value is -2.84. The van der Waals surface area contributed by atoms with Crippen LogP contribution in [0.2, 0.25) is 0 Å². The molecule has 0 fully saturated rings. The summed E-state index contributed by atoms with van der Waals surface area (Å²) in [7, 11) is 0. The first-order valence-electron chi connectivity index (χ1n) is 10.5. The molecule has 0 bridgehead atoms. The van der Waals surface area contributed by atoms with Crippen LogP contribution in [-0.2, 0) is 4.79 Å². The number of benzene rings is 2. The fourth-order valence-electron chi connectivity index (χ4n) is 2.72. The van der Waals surface area contributed by atoms with Crippen LogP contribution in [0, 0.1) is 0 Å². The number of ether oxygens (including phenoxy) is 2. The fraction of sp³-hybridized carbons (Fsp3) is 0.292. The van der Waals surface area contributed by atoms with Crippen molar-refractivity contribution in [3.63, 3.8) is 0 Å². The number of rotatable bonds is 12. The zero-order valence-corrected chi connectivity index (χ0v) is 19.9. The lowest BCUT2D eigenvalue weighted by atomic mass is 10.2. The maximum absolute atomic E-state index is 12.1. The lowest BCUT2D eigenvalue weighted by molar-refractivity contribution is -0.118. The molecule has 1 amide bonds. The SMILES string of the molecule is CCCCOc1ccc(/C=N/NC(=O)CSc2nc(-c3ccccc3)cs2)cc1OCC. The van der Waals surface area contributed by atoms with Gasteiger partial charge < -0.3 is 9.47 Å². The van der Waals surface area contributed by atoms with Gasteiger partial charge in [0.25, 0.3) is 5.91 Å². The van der Waals surface area contributed by atoms with Crippen LogP contribution in [0.5, 0.6) is 11.5 Å². The van der Waals surface area contributed by atoms with Gasteiger partial charge in [-0.2, -0.15) is 5.10 Å².